The fourth-order valence-electron chi connectivity index (χ4n) is 1.07. The molecule has 1 rings (SSSR count). The summed E-state index contributed by atoms with van der Waals surface area (Å²) in [6, 6.07) is 6.43. The first-order valence-corrected chi connectivity index (χ1v) is 6.19. The van der Waals surface area contributed by atoms with E-state index in [-0.39, 0.29) is 6.04 Å². The number of nitriles is 1. The van der Waals surface area contributed by atoms with Crippen molar-refractivity contribution in [2.24, 2.45) is 0 Å². The summed E-state index contributed by atoms with van der Waals surface area (Å²) in [6.45, 7) is 4.20. The summed E-state index contributed by atoms with van der Waals surface area (Å²) >= 11 is 5.00. The molecule has 0 aromatic carbocycles. The topological polar surface area (TPSA) is 35.8 Å². The van der Waals surface area contributed by atoms with Crippen molar-refractivity contribution in [3.63, 3.8) is 0 Å². The van der Waals surface area contributed by atoms with Crippen molar-refractivity contribution < 1.29 is 0 Å². The predicted octanol–water partition coefficient (Wildman–Crippen LogP) is 3.46. The normalized spacial score (nSPS) is 14.7. The van der Waals surface area contributed by atoms with Crippen LogP contribution in [-0.4, -0.2) is 6.04 Å². The molecule has 2 nitrogen and oxygen atoms in total. The summed E-state index contributed by atoms with van der Waals surface area (Å²) < 4.78 is 1.07. The van der Waals surface area contributed by atoms with Gasteiger partial charge in [0.1, 0.15) is 6.04 Å². The van der Waals surface area contributed by atoms with E-state index >= 15 is 0 Å². The number of halogens is 1. The maximum atomic E-state index is 9.01. The second-order valence-corrected chi connectivity index (χ2v) is 5.67. The summed E-state index contributed by atoms with van der Waals surface area (Å²) in [5.41, 5.74) is 0. The first-order valence-electron chi connectivity index (χ1n) is 4.58. The lowest BCUT2D eigenvalue weighted by Gasteiger charge is -2.15. The van der Waals surface area contributed by atoms with Crippen molar-refractivity contribution in [2.45, 2.75) is 32.4 Å². The van der Waals surface area contributed by atoms with E-state index in [1.165, 1.54) is 0 Å². The van der Waals surface area contributed by atoms with E-state index in [9.17, 15) is 0 Å². The van der Waals surface area contributed by atoms with Crippen molar-refractivity contribution in [3.05, 3.63) is 20.8 Å². The van der Waals surface area contributed by atoms with Gasteiger partial charge in [-0.3, -0.25) is 5.32 Å². The average Bonchev–Trinajstić information content (AvgIpc) is 2.60. The molecule has 0 amide bonds. The minimum atomic E-state index is -0.179. The molecule has 1 heterocycles. The third-order valence-corrected chi connectivity index (χ3v) is 3.76. The van der Waals surface area contributed by atoms with Gasteiger partial charge in [0.15, 0.2) is 0 Å². The van der Waals surface area contributed by atoms with Gasteiger partial charge in [-0.2, -0.15) is 5.26 Å². The van der Waals surface area contributed by atoms with Gasteiger partial charge in [0.05, 0.1) is 9.86 Å². The van der Waals surface area contributed by atoms with Crippen molar-refractivity contribution in [2.75, 3.05) is 0 Å². The van der Waals surface area contributed by atoms with Gasteiger partial charge < -0.3 is 0 Å². The molecule has 4 heteroatoms. The fourth-order valence-corrected chi connectivity index (χ4v) is 2.50. The molecule has 0 saturated heterocycles. The van der Waals surface area contributed by atoms with Crippen LogP contribution in [0.1, 0.15) is 31.2 Å². The Labute approximate surface area is 97.1 Å². The van der Waals surface area contributed by atoms with E-state index < -0.39 is 0 Å². The molecule has 1 aromatic heterocycles. The quantitative estimate of drug-likeness (QED) is 0.911. The van der Waals surface area contributed by atoms with Gasteiger partial charge in [0.2, 0.25) is 0 Å². The average molecular weight is 273 g/mol. The Morgan fingerprint density at radius 3 is 2.79 bits per heavy atom. The minimum absolute atomic E-state index is 0.179. The molecule has 14 heavy (non-hydrogen) atoms. The molecule has 1 aromatic rings. The lowest BCUT2D eigenvalue weighted by atomic mass is 10.2. The van der Waals surface area contributed by atoms with Gasteiger partial charge in [0, 0.05) is 10.9 Å². The Balaban J connectivity index is 2.69. The second kappa shape index (κ2) is 5.50. The maximum absolute atomic E-state index is 9.01. The molecule has 0 aliphatic rings. The monoisotopic (exact) mass is 272 g/mol. The van der Waals surface area contributed by atoms with E-state index in [2.05, 4.69) is 41.2 Å². The molecule has 76 valence electrons. The van der Waals surface area contributed by atoms with Crippen molar-refractivity contribution in [1.29, 1.82) is 5.26 Å². The molecule has 0 fully saturated rings. The van der Waals surface area contributed by atoms with Crippen LogP contribution in [0.3, 0.4) is 0 Å². The van der Waals surface area contributed by atoms with Crippen LogP contribution in [0.2, 0.25) is 0 Å². The van der Waals surface area contributed by atoms with E-state index in [1.807, 2.05) is 12.1 Å². The van der Waals surface area contributed by atoms with E-state index in [1.54, 1.807) is 11.3 Å². The number of rotatable bonds is 4. The molecular weight excluding hydrogens is 260 g/mol. The first-order chi connectivity index (χ1) is 6.67. The SMILES string of the molecule is CCC(C)NC(C#N)c1ccc(Br)s1. The summed E-state index contributed by atoms with van der Waals surface area (Å²) in [6.07, 6.45) is 1.03. The second-order valence-electron chi connectivity index (χ2n) is 3.18. The highest BCUT2D eigenvalue weighted by atomic mass is 79.9. The number of hydrogen-bond donors (Lipinski definition) is 1. The first kappa shape index (κ1) is 11.7. The predicted molar refractivity (Wildman–Crippen MR) is 63.3 cm³/mol. The smallest absolute Gasteiger partial charge is 0.130 e. The van der Waals surface area contributed by atoms with Crippen LogP contribution >= 0.6 is 27.3 Å². The van der Waals surface area contributed by atoms with Crippen molar-refractivity contribution in [1.82, 2.24) is 5.32 Å². The van der Waals surface area contributed by atoms with E-state index in [0.29, 0.717) is 6.04 Å². The highest BCUT2D eigenvalue weighted by Crippen LogP contribution is 2.27. The zero-order valence-electron chi connectivity index (χ0n) is 8.25. The summed E-state index contributed by atoms with van der Waals surface area (Å²) in [4.78, 5) is 1.07. The maximum Gasteiger partial charge on any atom is 0.130 e. The summed E-state index contributed by atoms with van der Waals surface area (Å²) in [5.74, 6) is 0. The van der Waals surface area contributed by atoms with Gasteiger partial charge in [-0.25, -0.2) is 0 Å². The van der Waals surface area contributed by atoms with Crippen LogP contribution in [0.15, 0.2) is 15.9 Å². The number of hydrogen-bond acceptors (Lipinski definition) is 3. The number of nitrogens with zero attached hydrogens (tertiary/aromatic N) is 1. The third kappa shape index (κ3) is 3.09. The summed E-state index contributed by atoms with van der Waals surface area (Å²) in [5, 5.41) is 12.3. The zero-order valence-corrected chi connectivity index (χ0v) is 10.7. The van der Waals surface area contributed by atoms with Crippen LogP contribution < -0.4 is 5.32 Å². The van der Waals surface area contributed by atoms with Crippen LogP contribution in [0.5, 0.6) is 0 Å². The minimum Gasteiger partial charge on any atom is -0.295 e. The highest BCUT2D eigenvalue weighted by molar-refractivity contribution is 9.11. The van der Waals surface area contributed by atoms with Crippen LogP contribution in [-0.2, 0) is 0 Å². The Bertz CT molecular complexity index is 329. The molecule has 1 N–H and O–H groups in total. The Hall–Kier alpha value is -0.370. The lowest BCUT2D eigenvalue weighted by molar-refractivity contribution is 0.505. The van der Waals surface area contributed by atoms with Gasteiger partial charge in [-0.05, 0) is 41.4 Å². The molecule has 0 bridgehead atoms. The number of thiophene rings is 1. The molecule has 2 unspecified atom stereocenters. The lowest BCUT2D eigenvalue weighted by Crippen LogP contribution is -2.28. The Morgan fingerprint density at radius 1 is 1.64 bits per heavy atom. The van der Waals surface area contributed by atoms with Gasteiger partial charge in [-0.1, -0.05) is 6.92 Å². The molecule has 0 radical (unpaired) electrons. The number of nitrogens with one attached hydrogen (secondary N) is 1. The van der Waals surface area contributed by atoms with Gasteiger partial charge >= 0.3 is 0 Å². The van der Waals surface area contributed by atoms with Crippen LogP contribution in [0.25, 0.3) is 0 Å². The van der Waals surface area contributed by atoms with Crippen LogP contribution in [0, 0.1) is 11.3 Å². The molecular formula is C10H13BrN2S. The molecule has 0 spiro atoms. The third-order valence-electron chi connectivity index (χ3n) is 2.07. The molecule has 0 aliphatic heterocycles. The Morgan fingerprint density at radius 2 is 2.36 bits per heavy atom. The molecule has 0 saturated carbocycles. The van der Waals surface area contributed by atoms with Crippen molar-refractivity contribution >= 4 is 27.3 Å². The fraction of sp³-hybridized carbons (Fsp3) is 0.500. The molecule has 0 aliphatic carbocycles. The highest BCUT2D eigenvalue weighted by Gasteiger charge is 2.14. The largest absolute Gasteiger partial charge is 0.295 e. The van der Waals surface area contributed by atoms with Gasteiger partial charge in [0.25, 0.3) is 0 Å². The Kier molecular flexibility index (Phi) is 4.59. The standard InChI is InChI=1S/C10H13BrN2S/c1-3-7(2)13-8(6-12)9-4-5-10(11)14-9/h4-5,7-8,13H,3H2,1-2H3. The van der Waals surface area contributed by atoms with Crippen molar-refractivity contribution in [3.8, 4) is 6.07 Å². The molecule has 2 atom stereocenters. The van der Waals surface area contributed by atoms with Crippen LogP contribution in [0.4, 0.5) is 0 Å². The zero-order chi connectivity index (χ0) is 10.6. The van der Waals surface area contributed by atoms with Gasteiger partial charge in [-0.15, -0.1) is 11.3 Å². The van der Waals surface area contributed by atoms with E-state index in [4.69, 9.17) is 5.26 Å². The summed E-state index contributed by atoms with van der Waals surface area (Å²) in [7, 11) is 0. The van der Waals surface area contributed by atoms with E-state index in [0.717, 1.165) is 15.1 Å².